The number of nitrogens with one attached hydrogen (secondary N) is 1. The monoisotopic (exact) mass is 366 g/mol. The summed E-state index contributed by atoms with van der Waals surface area (Å²) in [6, 6.07) is 4.90. The fourth-order valence-electron chi connectivity index (χ4n) is 2.55. The molecule has 1 aromatic rings. The summed E-state index contributed by atoms with van der Waals surface area (Å²) in [4.78, 5) is 37.4. The number of carbonyl (C=O) groups excluding carboxylic acids is 3. The number of rotatable bonds is 6. The Morgan fingerprint density at radius 1 is 1.28 bits per heavy atom. The molecular formula is C17H22N2O5S. The van der Waals surface area contributed by atoms with Crippen molar-refractivity contribution in [2.45, 2.75) is 31.6 Å². The number of methoxy groups -OCH3 is 2. The molecule has 0 spiro atoms. The van der Waals surface area contributed by atoms with Crippen molar-refractivity contribution in [3.05, 3.63) is 23.8 Å². The van der Waals surface area contributed by atoms with Crippen LogP contribution in [0.5, 0.6) is 11.5 Å². The summed E-state index contributed by atoms with van der Waals surface area (Å²) < 4.78 is 9.68. The summed E-state index contributed by atoms with van der Waals surface area (Å²) in [5.74, 6) is 0.472. The molecule has 2 rings (SSSR count). The molecule has 0 aromatic heterocycles. The molecule has 1 aliphatic rings. The number of thioether (sulfide) groups is 1. The fraction of sp³-hybridized carbons (Fsp3) is 0.471. The molecule has 0 saturated carbocycles. The van der Waals surface area contributed by atoms with E-state index < -0.39 is 15.9 Å². The van der Waals surface area contributed by atoms with Crippen LogP contribution < -0.4 is 14.8 Å². The predicted octanol–water partition coefficient (Wildman–Crippen LogP) is 2.36. The van der Waals surface area contributed by atoms with Crippen LogP contribution in [0.3, 0.4) is 0 Å². The van der Waals surface area contributed by atoms with E-state index in [0.717, 1.165) is 22.2 Å². The molecule has 1 atom stereocenters. The van der Waals surface area contributed by atoms with E-state index in [2.05, 4.69) is 5.32 Å². The van der Waals surface area contributed by atoms with Crippen molar-refractivity contribution in [1.29, 1.82) is 0 Å². The van der Waals surface area contributed by atoms with Gasteiger partial charge in [0.15, 0.2) is 0 Å². The normalized spacial score (nSPS) is 17.4. The highest BCUT2D eigenvalue weighted by atomic mass is 32.2. The standard InChI is InChI=1S/C17H22N2O5S/c1-10(12-8-11(23-4)6-7-13(12)24-5)18-14(20)9-19-15(21)17(2,3)25-16(19)22/h6-8,10H,9H2,1-5H3,(H,18,20)/t10-/m1/s1. The van der Waals surface area contributed by atoms with Crippen molar-refractivity contribution in [3.8, 4) is 11.5 Å². The molecule has 1 N–H and O–H groups in total. The van der Waals surface area contributed by atoms with Gasteiger partial charge in [-0.3, -0.25) is 19.3 Å². The molecule has 0 radical (unpaired) electrons. The van der Waals surface area contributed by atoms with Crippen molar-refractivity contribution in [3.63, 3.8) is 0 Å². The minimum absolute atomic E-state index is 0.301. The summed E-state index contributed by atoms with van der Waals surface area (Å²) in [5, 5.41) is 2.38. The average molecular weight is 366 g/mol. The van der Waals surface area contributed by atoms with Gasteiger partial charge in [0, 0.05) is 5.56 Å². The number of carbonyl (C=O) groups is 3. The van der Waals surface area contributed by atoms with Crippen LogP contribution in [-0.2, 0) is 9.59 Å². The van der Waals surface area contributed by atoms with E-state index in [1.165, 1.54) is 0 Å². The van der Waals surface area contributed by atoms with Crippen molar-refractivity contribution in [2.75, 3.05) is 20.8 Å². The largest absolute Gasteiger partial charge is 0.497 e. The first-order chi connectivity index (χ1) is 11.7. The zero-order valence-corrected chi connectivity index (χ0v) is 15.7. The SMILES string of the molecule is COc1ccc(OC)c([C@@H](C)NC(=O)CN2C(=O)SC(C)(C)C2=O)c1. The Morgan fingerprint density at radius 3 is 2.48 bits per heavy atom. The molecule has 1 aromatic carbocycles. The number of amides is 3. The second-order valence-corrected chi connectivity index (χ2v) is 7.74. The zero-order chi connectivity index (χ0) is 18.8. The number of ether oxygens (including phenoxy) is 2. The van der Waals surface area contributed by atoms with Crippen molar-refractivity contribution in [2.24, 2.45) is 0 Å². The maximum Gasteiger partial charge on any atom is 0.289 e. The molecule has 0 aliphatic carbocycles. The summed E-state index contributed by atoms with van der Waals surface area (Å²) in [6.07, 6.45) is 0. The third kappa shape index (κ3) is 4.07. The number of benzene rings is 1. The van der Waals surface area contributed by atoms with E-state index >= 15 is 0 Å². The van der Waals surface area contributed by atoms with Gasteiger partial charge in [0.2, 0.25) is 11.8 Å². The van der Waals surface area contributed by atoms with E-state index in [4.69, 9.17) is 9.47 Å². The lowest BCUT2D eigenvalue weighted by atomic mass is 10.1. The molecule has 0 unspecified atom stereocenters. The van der Waals surface area contributed by atoms with E-state index in [9.17, 15) is 14.4 Å². The second kappa shape index (κ2) is 7.35. The Bertz CT molecular complexity index is 704. The van der Waals surface area contributed by atoms with Crippen molar-refractivity contribution < 1.29 is 23.9 Å². The van der Waals surface area contributed by atoms with Gasteiger partial charge < -0.3 is 14.8 Å². The maximum atomic E-state index is 12.3. The van der Waals surface area contributed by atoms with Gasteiger partial charge in [0.25, 0.3) is 5.24 Å². The molecule has 3 amide bonds. The molecule has 1 fully saturated rings. The van der Waals surface area contributed by atoms with Gasteiger partial charge in [-0.25, -0.2) is 0 Å². The van der Waals surface area contributed by atoms with Crippen molar-refractivity contribution in [1.82, 2.24) is 10.2 Å². The molecule has 0 bridgehead atoms. The number of imide groups is 1. The topological polar surface area (TPSA) is 84.9 Å². The van der Waals surface area contributed by atoms with Crippen LogP contribution in [0.2, 0.25) is 0 Å². The quantitative estimate of drug-likeness (QED) is 0.832. The number of hydrogen-bond donors (Lipinski definition) is 1. The van der Waals surface area contributed by atoms with Crippen LogP contribution in [0.15, 0.2) is 18.2 Å². The van der Waals surface area contributed by atoms with Gasteiger partial charge >= 0.3 is 0 Å². The lowest BCUT2D eigenvalue weighted by Gasteiger charge is -2.20. The molecule has 1 aliphatic heterocycles. The fourth-order valence-corrected chi connectivity index (χ4v) is 3.44. The number of hydrogen-bond acceptors (Lipinski definition) is 6. The molecule has 136 valence electrons. The summed E-state index contributed by atoms with van der Waals surface area (Å²) >= 11 is 0.928. The highest BCUT2D eigenvalue weighted by molar-refractivity contribution is 8.16. The predicted molar refractivity (Wildman–Crippen MR) is 94.9 cm³/mol. The smallest absolute Gasteiger partial charge is 0.289 e. The minimum atomic E-state index is -0.834. The molecule has 8 heteroatoms. The van der Waals surface area contributed by atoms with Crippen molar-refractivity contribution >= 4 is 28.8 Å². The van der Waals surface area contributed by atoms with Crippen LogP contribution >= 0.6 is 11.8 Å². The molecule has 1 heterocycles. The Balaban J connectivity index is 2.08. The summed E-state index contributed by atoms with van der Waals surface area (Å²) in [6.45, 7) is 4.82. The number of nitrogens with zero attached hydrogens (tertiary/aromatic N) is 1. The van der Waals surface area contributed by atoms with Gasteiger partial charge in [-0.2, -0.15) is 0 Å². The molecule has 25 heavy (non-hydrogen) atoms. The van der Waals surface area contributed by atoms with Crippen LogP contribution in [0.1, 0.15) is 32.4 Å². The van der Waals surface area contributed by atoms with E-state index in [1.807, 2.05) is 0 Å². The van der Waals surface area contributed by atoms with Gasteiger partial charge in [0.05, 0.1) is 25.0 Å². The average Bonchev–Trinajstić information content (AvgIpc) is 2.75. The highest BCUT2D eigenvalue weighted by Gasteiger charge is 2.46. The van der Waals surface area contributed by atoms with Gasteiger partial charge in [0.1, 0.15) is 18.0 Å². The zero-order valence-electron chi connectivity index (χ0n) is 14.9. The van der Waals surface area contributed by atoms with Gasteiger partial charge in [-0.15, -0.1) is 0 Å². The third-order valence-corrected chi connectivity index (χ3v) is 4.99. The first-order valence-electron chi connectivity index (χ1n) is 7.76. The highest BCUT2D eigenvalue weighted by Crippen LogP contribution is 2.36. The van der Waals surface area contributed by atoms with E-state index in [1.54, 1.807) is 53.2 Å². The Hall–Kier alpha value is -2.22. The molecule has 7 nitrogen and oxygen atoms in total. The van der Waals surface area contributed by atoms with Gasteiger partial charge in [-0.05, 0) is 50.7 Å². The summed E-state index contributed by atoms with van der Waals surface area (Å²) in [5.41, 5.74) is 0.740. The second-order valence-electron chi connectivity index (χ2n) is 6.17. The maximum absolute atomic E-state index is 12.3. The van der Waals surface area contributed by atoms with E-state index in [0.29, 0.717) is 11.5 Å². The first kappa shape index (κ1) is 19.1. The van der Waals surface area contributed by atoms with Crippen LogP contribution in [-0.4, -0.2) is 47.5 Å². The third-order valence-electron chi connectivity index (χ3n) is 3.91. The Morgan fingerprint density at radius 2 is 1.96 bits per heavy atom. The summed E-state index contributed by atoms with van der Waals surface area (Å²) in [7, 11) is 3.10. The van der Waals surface area contributed by atoms with Crippen LogP contribution in [0.4, 0.5) is 4.79 Å². The van der Waals surface area contributed by atoms with Crippen LogP contribution in [0, 0.1) is 0 Å². The molecular weight excluding hydrogens is 344 g/mol. The van der Waals surface area contributed by atoms with E-state index in [-0.39, 0.29) is 18.5 Å². The Labute approximate surface area is 151 Å². The minimum Gasteiger partial charge on any atom is -0.497 e. The Kier molecular flexibility index (Phi) is 5.62. The van der Waals surface area contributed by atoms with Crippen LogP contribution in [0.25, 0.3) is 0 Å². The lowest BCUT2D eigenvalue weighted by Crippen LogP contribution is -2.43. The lowest BCUT2D eigenvalue weighted by molar-refractivity contribution is -0.133. The molecule has 1 saturated heterocycles. The van der Waals surface area contributed by atoms with Gasteiger partial charge in [-0.1, -0.05) is 0 Å². The first-order valence-corrected chi connectivity index (χ1v) is 8.57.